The number of likely N-dealkylation sites (tertiary alicyclic amines) is 1. The highest BCUT2D eigenvalue weighted by Gasteiger charge is 2.29. The fourth-order valence-corrected chi connectivity index (χ4v) is 4.67. The topological polar surface area (TPSA) is 105 Å². The van der Waals surface area contributed by atoms with Crippen molar-refractivity contribution < 1.29 is 13.3 Å². The summed E-state index contributed by atoms with van der Waals surface area (Å²) in [7, 11) is -0.273. The van der Waals surface area contributed by atoms with Gasteiger partial charge in [-0.2, -0.15) is 0 Å². The molecule has 0 saturated carbocycles. The van der Waals surface area contributed by atoms with Crippen molar-refractivity contribution in [3.8, 4) is 0 Å². The number of nitrogens with zero attached hydrogens (tertiary/aromatic N) is 2. The number of hydrogen-bond acceptors (Lipinski definition) is 7. The van der Waals surface area contributed by atoms with Gasteiger partial charge in [0, 0.05) is 25.7 Å². The summed E-state index contributed by atoms with van der Waals surface area (Å²) in [6, 6.07) is 0.946. The lowest BCUT2D eigenvalue weighted by Crippen LogP contribution is -2.36. The highest BCUT2D eigenvalue weighted by atomic mass is 32.2. The van der Waals surface area contributed by atoms with E-state index in [1.54, 1.807) is 0 Å². The van der Waals surface area contributed by atoms with Gasteiger partial charge in [0.05, 0.1) is 4.92 Å². The Morgan fingerprint density at radius 2 is 2.25 bits per heavy atom. The molecule has 1 fully saturated rings. The first-order valence-corrected chi connectivity index (χ1v) is 8.30. The first kappa shape index (κ1) is 15.2. The molecule has 1 atom stereocenters. The maximum Gasteiger partial charge on any atom is 0.304 e. The van der Waals surface area contributed by atoms with Crippen molar-refractivity contribution in [2.24, 2.45) is 0 Å². The summed E-state index contributed by atoms with van der Waals surface area (Å²) in [5.41, 5.74) is -0.221. The van der Waals surface area contributed by atoms with Crippen molar-refractivity contribution >= 4 is 32.0 Å². The van der Waals surface area contributed by atoms with Gasteiger partial charge >= 0.3 is 5.69 Å². The number of anilines is 1. The van der Waals surface area contributed by atoms with Crippen molar-refractivity contribution in [2.45, 2.75) is 16.7 Å². The Hall–Kier alpha value is -1.23. The fraction of sp³-hybridized carbons (Fsp3) is 0.600. The Balaban J connectivity index is 2.23. The van der Waals surface area contributed by atoms with Crippen LogP contribution in [0, 0.1) is 10.1 Å². The number of nitrogens with one attached hydrogen (secondary N) is 2. The summed E-state index contributed by atoms with van der Waals surface area (Å²) in [6.07, 6.45) is 0.738. The second-order valence-corrected chi connectivity index (χ2v) is 7.65. The molecule has 2 rings (SSSR count). The molecule has 2 N–H and O–H groups in total. The van der Waals surface area contributed by atoms with Crippen LogP contribution < -0.4 is 10.0 Å². The van der Waals surface area contributed by atoms with Gasteiger partial charge in [-0.05, 0) is 20.0 Å². The van der Waals surface area contributed by atoms with Crippen LogP contribution in [0.15, 0.2) is 10.3 Å². The number of hydrogen-bond donors (Lipinski definition) is 2. The van der Waals surface area contributed by atoms with Crippen LogP contribution in [-0.4, -0.2) is 51.5 Å². The zero-order chi connectivity index (χ0) is 14.9. The maximum absolute atomic E-state index is 12.2. The maximum atomic E-state index is 12.2. The first-order valence-electron chi connectivity index (χ1n) is 6.00. The quantitative estimate of drug-likeness (QED) is 0.610. The van der Waals surface area contributed by atoms with Crippen molar-refractivity contribution in [2.75, 3.05) is 32.5 Å². The van der Waals surface area contributed by atoms with E-state index in [0.717, 1.165) is 30.4 Å². The van der Waals surface area contributed by atoms with Crippen LogP contribution in [-0.2, 0) is 10.0 Å². The normalized spacial score (nSPS) is 20.2. The predicted molar refractivity (Wildman–Crippen MR) is 76.7 cm³/mol. The lowest BCUT2D eigenvalue weighted by atomic mass is 10.3. The SMILES string of the molecule is CNc1sc(S(=O)(=O)NC2CCN(C)C2)cc1[N+](=O)[O-]. The van der Waals surface area contributed by atoms with E-state index in [1.807, 2.05) is 11.9 Å². The van der Waals surface area contributed by atoms with Gasteiger partial charge in [-0.3, -0.25) is 10.1 Å². The minimum Gasteiger partial charge on any atom is -0.374 e. The highest BCUT2D eigenvalue weighted by molar-refractivity contribution is 7.91. The fourth-order valence-electron chi connectivity index (χ4n) is 2.12. The number of likely N-dealkylation sites (N-methyl/N-ethyl adjacent to an activating group) is 1. The van der Waals surface area contributed by atoms with Gasteiger partial charge in [0.25, 0.3) is 10.0 Å². The van der Waals surface area contributed by atoms with E-state index in [2.05, 4.69) is 10.0 Å². The van der Waals surface area contributed by atoms with Crippen LogP contribution >= 0.6 is 11.3 Å². The van der Waals surface area contributed by atoms with Gasteiger partial charge in [0.1, 0.15) is 4.21 Å². The Labute approximate surface area is 121 Å². The second-order valence-electron chi connectivity index (χ2n) is 4.66. The monoisotopic (exact) mass is 320 g/mol. The molecule has 1 aromatic heterocycles. The van der Waals surface area contributed by atoms with Crippen molar-refractivity contribution in [3.63, 3.8) is 0 Å². The number of thiophene rings is 1. The molecule has 0 amide bonds. The highest BCUT2D eigenvalue weighted by Crippen LogP contribution is 2.36. The van der Waals surface area contributed by atoms with Gasteiger partial charge in [-0.1, -0.05) is 11.3 Å². The number of rotatable bonds is 5. The van der Waals surface area contributed by atoms with Gasteiger partial charge in [-0.25, -0.2) is 13.1 Å². The van der Waals surface area contributed by atoms with E-state index in [-0.39, 0.29) is 20.9 Å². The summed E-state index contributed by atoms with van der Waals surface area (Å²) in [5, 5.41) is 13.7. The van der Waals surface area contributed by atoms with E-state index in [4.69, 9.17) is 0 Å². The predicted octanol–water partition coefficient (Wildman–Crippen LogP) is 0.680. The van der Waals surface area contributed by atoms with Crippen LogP contribution in [0.2, 0.25) is 0 Å². The summed E-state index contributed by atoms with van der Waals surface area (Å²) >= 11 is 0.862. The lowest BCUT2D eigenvalue weighted by molar-refractivity contribution is -0.383. The molecule has 0 bridgehead atoms. The molecule has 1 aromatic rings. The average Bonchev–Trinajstić information content (AvgIpc) is 2.95. The minimum absolute atomic E-state index is 0.0388. The molecule has 1 saturated heterocycles. The third-order valence-electron chi connectivity index (χ3n) is 3.09. The summed E-state index contributed by atoms with van der Waals surface area (Å²) in [6.45, 7) is 1.48. The molecule has 0 spiro atoms. The Morgan fingerprint density at radius 1 is 1.55 bits per heavy atom. The van der Waals surface area contributed by atoms with Crippen molar-refractivity contribution in [1.82, 2.24) is 9.62 Å². The van der Waals surface area contributed by atoms with Gasteiger partial charge < -0.3 is 10.2 Å². The van der Waals surface area contributed by atoms with Crippen LogP contribution in [0.5, 0.6) is 0 Å². The Bertz CT molecular complexity index is 613. The molecule has 0 aromatic carbocycles. The van der Waals surface area contributed by atoms with Crippen LogP contribution in [0.4, 0.5) is 10.7 Å². The molecule has 8 nitrogen and oxygen atoms in total. The zero-order valence-electron chi connectivity index (χ0n) is 11.1. The summed E-state index contributed by atoms with van der Waals surface area (Å²) in [5.74, 6) is 0. The molecule has 2 heterocycles. The molecule has 10 heteroatoms. The van der Waals surface area contributed by atoms with E-state index in [1.165, 1.54) is 7.05 Å². The average molecular weight is 320 g/mol. The largest absolute Gasteiger partial charge is 0.374 e. The molecule has 0 radical (unpaired) electrons. The smallest absolute Gasteiger partial charge is 0.304 e. The van der Waals surface area contributed by atoms with Crippen molar-refractivity contribution in [1.29, 1.82) is 0 Å². The molecule has 1 aliphatic rings. The molecule has 0 aliphatic carbocycles. The zero-order valence-corrected chi connectivity index (χ0v) is 12.8. The molecular formula is C10H16N4O4S2. The second kappa shape index (κ2) is 5.64. The van der Waals surface area contributed by atoms with Crippen LogP contribution in [0.3, 0.4) is 0 Å². The third-order valence-corrected chi connectivity index (χ3v) is 6.23. The third kappa shape index (κ3) is 3.08. The Kier molecular flexibility index (Phi) is 4.28. The van der Waals surface area contributed by atoms with Crippen molar-refractivity contribution in [3.05, 3.63) is 16.2 Å². The van der Waals surface area contributed by atoms with E-state index in [9.17, 15) is 18.5 Å². The summed E-state index contributed by atoms with van der Waals surface area (Å²) < 4.78 is 27.0. The van der Waals surface area contributed by atoms with E-state index >= 15 is 0 Å². The minimum atomic E-state index is -3.72. The van der Waals surface area contributed by atoms with Crippen LogP contribution in [0.1, 0.15) is 6.42 Å². The molecule has 20 heavy (non-hydrogen) atoms. The number of sulfonamides is 1. The molecule has 1 aliphatic heterocycles. The van der Waals surface area contributed by atoms with Gasteiger partial charge in [0.15, 0.2) is 5.00 Å². The standard InChI is InChI=1S/C10H16N4O4S2/c1-11-10-8(14(15)16)5-9(19-10)20(17,18)12-7-3-4-13(2)6-7/h5,7,11-12H,3-4,6H2,1-2H3. The lowest BCUT2D eigenvalue weighted by Gasteiger charge is -2.11. The van der Waals surface area contributed by atoms with Gasteiger partial charge in [0.2, 0.25) is 0 Å². The summed E-state index contributed by atoms with van der Waals surface area (Å²) in [4.78, 5) is 12.3. The first-order chi connectivity index (χ1) is 9.33. The number of nitro groups is 1. The molecular weight excluding hydrogens is 304 g/mol. The Morgan fingerprint density at radius 3 is 2.70 bits per heavy atom. The van der Waals surface area contributed by atoms with E-state index in [0.29, 0.717) is 6.54 Å². The van der Waals surface area contributed by atoms with Gasteiger partial charge in [-0.15, -0.1) is 0 Å². The van der Waals surface area contributed by atoms with E-state index < -0.39 is 14.9 Å². The van der Waals surface area contributed by atoms with Crippen LogP contribution in [0.25, 0.3) is 0 Å². The molecule has 1 unspecified atom stereocenters. The molecule has 112 valence electrons.